The SMILES string of the molecule is CCC(O)COc1ccc(/N=C/c2ccc(OC(=O)CC(=O)Oc3ccc(/C=N/c4ccc(OCC(O)CN(CC(O)COc5ccc(/N=C/c6ccc(OC(=O)CC(=O)Oc7ccc(/C=N/c8ccc(OCC(O)CC)cc8)cc7)cc6)cc5)c5ccc(Cc6ccc(N(C)C)cc6)cc5)cc4)cc3)cc2)cc1. The zero-order chi connectivity index (χ0) is 76.7. The predicted octanol–water partition coefficient (Wildman–Crippen LogP) is 14.1. The second-order valence-corrected chi connectivity index (χ2v) is 25.5. The van der Waals surface area contributed by atoms with Crippen molar-refractivity contribution >= 4 is 82.9 Å². The van der Waals surface area contributed by atoms with Gasteiger partial charge >= 0.3 is 23.9 Å². The number of aliphatic imine (C=N–C) groups is 4. The molecule has 0 saturated carbocycles. The zero-order valence-electron chi connectivity index (χ0n) is 60.9. The Morgan fingerprint density at radius 2 is 0.560 bits per heavy atom. The Bertz CT molecular complexity index is 4390. The van der Waals surface area contributed by atoms with Gasteiger partial charge in [-0.1, -0.05) is 38.1 Å². The molecule has 0 aliphatic heterocycles. The first-order chi connectivity index (χ1) is 52.9. The van der Waals surface area contributed by atoms with Crippen molar-refractivity contribution in [2.24, 2.45) is 20.0 Å². The van der Waals surface area contributed by atoms with Crippen LogP contribution in [-0.2, 0) is 25.6 Å². The highest BCUT2D eigenvalue weighted by molar-refractivity contribution is 5.94. The van der Waals surface area contributed by atoms with E-state index in [-0.39, 0.29) is 62.5 Å². The number of rotatable bonds is 38. The first kappa shape index (κ1) is 79.0. The molecule has 4 N–H and O–H groups in total. The molecule has 10 aromatic carbocycles. The van der Waals surface area contributed by atoms with Crippen LogP contribution < -0.4 is 47.7 Å². The van der Waals surface area contributed by atoms with Crippen LogP contribution in [0.15, 0.2) is 263 Å². The summed E-state index contributed by atoms with van der Waals surface area (Å²) in [6.45, 7) is 4.36. The molecule has 0 amide bonds. The fraction of sp³-hybridized carbons (Fsp3) is 0.218. The van der Waals surface area contributed by atoms with Crippen molar-refractivity contribution in [3.63, 3.8) is 0 Å². The number of aliphatic hydroxyl groups excluding tert-OH is 4. The van der Waals surface area contributed by atoms with Crippen molar-refractivity contribution in [2.45, 2.75) is 70.4 Å². The number of anilines is 2. The van der Waals surface area contributed by atoms with Crippen LogP contribution in [0.5, 0.6) is 46.0 Å². The zero-order valence-corrected chi connectivity index (χ0v) is 60.9. The third kappa shape index (κ3) is 27.1. The van der Waals surface area contributed by atoms with Gasteiger partial charge in [0.2, 0.25) is 0 Å². The number of aliphatic hydroxyl groups is 4. The number of hydrogen-bond acceptors (Lipinski definition) is 22. The van der Waals surface area contributed by atoms with Gasteiger partial charge in [-0.2, -0.15) is 0 Å². The Morgan fingerprint density at radius 1 is 0.321 bits per heavy atom. The topological polar surface area (TPSA) is 279 Å². The minimum atomic E-state index is -0.971. The van der Waals surface area contributed by atoms with E-state index in [9.17, 15) is 39.6 Å². The predicted molar refractivity (Wildman–Crippen MR) is 421 cm³/mol. The molecule has 0 spiro atoms. The molecule has 0 aliphatic carbocycles. The number of carbonyl (C=O) groups is 4. The van der Waals surface area contributed by atoms with E-state index in [0.717, 1.165) is 51.2 Å². The summed E-state index contributed by atoms with van der Waals surface area (Å²) < 4.78 is 44.8. The summed E-state index contributed by atoms with van der Waals surface area (Å²) in [4.78, 5) is 72.6. The van der Waals surface area contributed by atoms with Gasteiger partial charge in [0.05, 0.1) is 35.0 Å². The molecule has 0 fully saturated rings. The molecule has 0 aromatic heterocycles. The van der Waals surface area contributed by atoms with E-state index < -0.39 is 61.1 Å². The first-order valence-electron chi connectivity index (χ1n) is 35.5. The molecule has 0 aliphatic rings. The van der Waals surface area contributed by atoms with Gasteiger partial charge in [-0.3, -0.25) is 39.1 Å². The van der Waals surface area contributed by atoms with Crippen LogP contribution in [0.2, 0.25) is 0 Å². The largest absolute Gasteiger partial charge is 0.491 e. The highest BCUT2D eigenvalue weighted by Gasteiger charge is 2.20. The van der Waals surface area contributed by atoms with Gasteiger partial charge in [0.1, 0.15) is 97.5 Å². The molecule has 109 heavy (non-hydrogen) atoms. The third-order valence-electron chi connectivity index (χ3n) is 16.6. The van der Waals surface area contributed by atoms with Crippen LogP contribution >= 0.6 is 0 Å². The van der Waals surface area contributed by atoms with Crippen molar-refractivity contribution in [1.29, 1.82) is 0 Å². The molecule has 4 atom stereocenters. The van der Waals surface area contributed by atoms with Crippen molar-refractivity contribution in [1.82, 2.24) is 0 Å². The van der Waals surface area contributed by atoms with E-state index >= 15 is 0 Å². The van der Waals surface area contributed by atoms with Crippen LogP contribution in [-0.4, -0.2) is 147 Å². The first-order valence-corrected chi connectivity index (χ1v) is 35.5. The molecule has 0 saturated heterocycles. The standard InChI is InChI=1S/C87H86N6O16/c1-5-72(94)56-102-76-39-19-66(20-40-76)88-50-62-11-31-80(32-12-62)106-84(98)48-86(100)108-82-35-15-64(16-36-82)52-90-68-23-43-78(44-24-68)104-58-74(96)54-93(71-29-9-61(10-30-71)47-60-7-27-70(28-8-60)92(3)4)55-75(97)59-105-79-45-25-69(26-46-79)91-53-65-17-37-83(38-18-65)109-87(101)49-85(99)107-81-33-13-63(14-34-81)51-89-67-21-41-77(42-22-67)103-57-73(95)6-2/h7-46,50-53,72-75,94-97H,5-6,47-49,54-59H2,1-4H3/b88-50+,89-51+,90-52+,91-53+. The number of ether oxygens (including phenoxy) is 8. The second-order valence-electron chi connectivity index (χ2n) is 25.5. The van der Waals surface area contributed by atoms with Gasteiger partial charge in [-0.05, 0) is 271 Å². The fourth-order valence-electron chi connectivity index (χ4n) is 10.4. The monoisotopic (exact) mass is 1470 g/mol. The summed E-state index contributed by atoms with van der Waals surface area (Å²) in [6, 6.07) is 71.4. The Labute approximate surface area is 633 Å². The van der Waals surface area contributed by atoms with Crippen molar-refractivity contribution in [2.75, 3.05) is 63.4 Å². The second kappa shape index (κ2) is 40.8. The fourth-order valence-corrected chi connectivity index (χ4v) is 10.4. The average molecular weight is 1470 g/mol. The number of hydrogen-bond donors (Lipinski definition) is 4. The minimum Gasteiger partial charge on any atom is -0.491 e. The van der Waals surface area contributed by atoms with E-state index in [1.807, 2.05) is 57.1 Å². The summed E-state index contributed by atoms with van der Waals surface area (Å²) in [5.41, 5.74) is 9.79. The Kier molecular flexibility index (Phi) is 29.5. The van der Waals surface area contributed by atoms with Crippen LogP contribution in [0.4, 0.5) is 34.1 Å². The van der Waals surface area contributed by atoms with Gasteiger partial charge in [0, 0.05) is 63.4 Å². The Morgan fingerprint density at radius 3 is 0.807 bits per heavy atom. The third-order valence-corrected chi connectivity index (χ3v) is 16.6. The van der Waals surface area contributed by atoms with E-state index in [4.69, 9.17) is 37.9 Å². The lowest BCUT2D eigenvalue weighted by Crippen LogP contribution is -2.41. The Balaban J connectivity index is 0.645. The van der Waals surface area contributed by atoms with Crippen LogP contribution in [0, 0.1) is 0 Å². The summed E-state index contributed by atoms with van der Waals surface area (Å²) in [7, 11) is 4.01. The molecule has 0 radical (unpaired) electrons. The lowest BCUT2D eigenvalue weighted by molar-refractivity contribution is -0.146. The quantitative estimate of drug-likeness (QED) is 0.0121. The van der Waals surface area contributed by atoms with Crippen LogP contribution in [0.25, 0.3) is 0 Å². The Hall–Kier alpha value is -12.6. The molecule has 0 heterocycles. The van der Waals surface area contributed by atoms with Gasteiger partial charge in [-0.25, -0.2) is 0 Å². The lowest BCUT2D eigenvalue weighted by Gasteiger charge is -2.29. The smallest absolute Gasteiger partial charge is 0.322 e. The van der Waals surface area contributed by atoms with Gasteiger partial charge < -0.3 is 68.1 Å². The summed E-state index contributed by atoms with van der Waals surface area (Å²) in [5, 5.41) is 42.4. The molecular formula is C87H86N6O16. The summed E-state index contributed by atoms with van der Waals surface area (Å²) in [6.07, 6.45) is 4.36. The van der Waals surface area contributed by atoms with Gasteiger partial charge in [0.25, 0.3) is 0 Å². The van der Waals surface area contributed by atoms with Crippen LogP contribution in [0.1, 0.15) is 72.9 Å². The number of carbonyl (C=O) groups excluding carboxylic acids is 4. The van der Waals surface area contributed by atoms with Gasteiger partial charge in [-0.15, -0.1) is 0 Å². The van der Waals surface area contributed by atoms with Crippen molar-refractivity contribution < 1.29 is 77.5 Å². The summed E-state index contributed by atoms with van der Waals surface area (Å²) in [5.74, 6) is 0.146. The molecule has 10 rings (SSSR count). The number of benzene rings is 10. The molecule has 0 bridgehead atoms. The molecule has 22 nitrogen and oxygen atoms in total. The normalized spacial score (nSPS) is 12.5. The van der Waals surface area contributed by atoms with E-state index in [1.54, 1.807) is 219 Å². The highest BCUT2D eigenvalue weighted by Crippen LogP contribution is 2.27. The van der Waals surface area contributed by atoms with E-state index in [0.29, 0.717) is 58.6 Å². The van der Waals surface area contributed by atoms with Gasteiger partial charge in [0.15, 0.2) is 0 Å². The maximum atomic E-state index is 12.7. The molecular weight excluding hydrogens is 1380 g/mol. The minimum absolute atomic E-state index is 0.0489. The van der Waals surface area contributed by atoms with Crippen LogP contribution in [0.3, 0.4) is 0 Å². The summed E-state index contributed by atoms with van der Waals surface area (Å²) >= 11 is 0. The lowest BCUT2D eigenvalue weighted by atomic mass is 10.0. The van der Waals surface area contributed by atoms with E-state index in [1.165, 1.54) is 0 Å². The maximum Gasteiger partial charge on any atom is 0.322 e. The van der Waals surface area contributed by atoms with Crippen molar-refractivity contribution in [3.8, 4) is 46.0 Å². The maximum absolute atomic E-state index is 12.7. The van der Waals surface area contributed by atoms with E-state index in [2.05, 4.69) is 49.1 Å². The average Bonchev–Trinajstić information content (AvgIpc) is 0.852. The van der Waals surface area contributed by atoms with Crippen molar-refractivity contribution in [3.05, 3.63) is 276 Å². The molecule has 4 unspecified atom stereocenters. The number of esters is 4. The highest BCUT2D eigenvalue weighted by atomic mass is 16.6. The molecule has 560 valence electrons. The number of nitrogens with zero attached hydrogens (tertiary/aromatic N) is 6. The molecule has 22 heteroatoms. The molecule has 10 aromatic rings.